The zero-order valence-corrected chi connectivity index (χ0v) is 22.7. The van der Waals surface area contributed by atoms with Crippen LogP contribution in [0.2, 0.25) is 0 Å². The van der Waals surface area contributed by atoms with Crippen LogP contribution in [0, 0.1) is 5.92 Å². The largest absolute Gasteiger partial charge is 0.465 e. The number of fused-ring (bicyclic) bond motifs is 4. The number of hydrogen-bond donors (Lipinski definition) is 2. The van der Waals surface area contributed by atoms with Crippen LogP contribution in [0.1, 0.15) is 19.7 Å². The van der Waals surface area contributed by atoms with E-state index in [4.69, 9.17) is 9.73 Å². The maximum atomic E-state index is 13.9. The summed E-state index contributed by atoms with van der Waals surface area (Å²) >= 11 is 0. The summed E-state index contributed by atoms with van der Waals surface area (Å²) in [6.07, 6.45) is 3.58. The summed E-state index contributed by atoms with van der Waals surface area (Å²) < 4.78 is 32.1. The van der Waals surface area contributed by atoms with Crippen LogP contribution in [0.25, 0.3) is 17.3 Å². The van der Waals surface area contributed by atoms with Crippen molar-refractivity contribution in [1.29, 1.82) is 0 Å². The molecule has 0 aliphatic carbocycles. The molecule has 4 aliphatic rings. The van der Waals surface area contributed by atoms with E-state index >= 15 is 0 Å². The zero-order chi connectivity index (χ0) is 29.6. The molecule has 216 valence electrons. The van der Waals surface area contributed by atoms with Crippen molar-refractivity contribution in [3.05, 3.63) is 65.2 Å². The molecule has 5 heterocycles. The van der Waals surface area contributed by atoms with Gasteiger partial charge in [0.25, 0.3) is 0 Å². The van der Waals surface area contributed by atoms with Crippen molar-refractivity contribution in [2.45, 2.75) is 38.3 Å². The Balaban J connectivity index is 1.34. The monoisotopic (exact) mass is 577 g/mol. The van der Waals surface area contributed by atoms with Gasteiger partial charge in [-0.25, -0.2) is 19.2 Å². The molecule has 1 unspecified atom stereocenters. The minimum absolute atomic E-state index is 0.0199. The van der Waals surface area contributed by atoms with Crippen LogP contribution in [-0.2, 0) is 10.4 Å². The SMILES string of the molecule is CC(C)(O)c1ncc(-c2ccc3c(c2)=C[N@@+]24C[C@@H](N=3)C2N(C(=O)C2CN(C(=O)O)C2)c2cccc(OC(F)F)c24)cn1. The van der Waals surface area contributed by atoms with Gasteiger partial charge in [0.2, 0.25) is 17.8 Å². The molecular weight excluding hydrogens is 550 g/mol. The van der Waals surface area contributed by atoms with Gasteiger partial charge in [-0.15, -0.1) is 0 Å². The van der Waals surface area contributed by atoms with E-state index in [1.807, 2.05) is 24.4 Å². The number of nitrogens with zero attached hydrogens (tertiary/aromatic N) is 6. The Kier molecular flexibility index (Phi) is 5.66. The van der Waals surface area contributed by atoms with Crippen LogP contribution in [0.3, 0.4) is 0 Å². The van der Waals surface area contributed by atoms with E-state index in [0.717, 1.165) is 16.3 Å². The highest BCUT2D eigenvalue weighted by atomic mass is 19.3. The average Bonchev–Trinajstić information content (AvgIpc) is 3.00. The number of aliphatic hydroxyl groups is 1. The second kappa shape index (κ2) is 9.00. The van der Waals surface area contributed by atoms with Crippen molar-refractivity contribution < 1.29 is 33.3 Å². The highest BCUT2D eigenvalue weighted by molar-refractivity contribution is 6.05. The molecule has 2 saturated heterocycles. The number of rotatable bonds is 5. The van der Waals surface area contributed by atoms with Crippen molar-refractivity contribution in [2.24, 2.45) is 10.9 Å². The van der Waals surface area contributed by atoms with E-state index in [1.54, 1.807) is 43.3 Å². The molecule has 4 aliphatic heterocycles. The van der Waals surface area contributed by atoms with E-state index in [-0.39, 0.29) is 35.3 Å². The third-order valence-electron chi connectivity index (χ3n) is 8.41. The molecule has 2 aromatic carbocycles. The minimum Gasteiger partial charge on any atom is -0.465 e. The molecule has 2 amide bonds. The Labute approximate surface area is 238 Å². The van der Waals surface area contributed by atoms with Crippen molar-refractivity contribution in [2.75, 3.05) is 24.5 Å². The predicted octanol–water partition coefficient (Wildman–Crippen LogP) is 2.02. The van der Waals surface area contributed by atoms with Gasteiger partial charge in [0.15, 0.2) is 17.6 Å². The minimum atomic E-state index is -3.06. The second-order valence-corrected chi connectivity index (χ2v) is 11.6. The van der Waals surface area contributed by atoms with E-state index in [1.165, 1.54) is 11.0 Å². The number of carbonyl (C=O) groups is 2. The molecule has 2 fully saturated rings. The summed E-state index contributed by atoms with van der Waals surface area (Å²) in [6, 6.07) is 10.1. The normalized spacial score (nSPS) is 23.9. The standard InChI is InChI=1S/C29H26F2N6O5/c1-29(2,41)26-32-9-17(10-33-26)15-6-7-19-16(8-15)13-37-14-20(34-19)24(37)36(25(38)18-11-35(12-18)28(39)40)21-4-3-5-22(23(21)37)42-27(30)31/h3-10,13,18,20,24,27,41H,11-12,14H2,1-2H3/p+1/t20-,24?,37+/m1/s1. The molecule has 3 atom stereocenters. The Morgan fingerprint density at radius 3 is 2.52 bits per heavy atom. The molecule has 0 radical (unpaired) electrons. The average molecular weight is 578 g/mol. The van der Waals surface area contributed by atoms with Crippen LogP contribution < -0.4 is 24.7 Å². The zero-order valence-electron chi connectivity index (χ0n) is 22.7. The summed E-state index contributed by atoms with van der Waals surface area (Å²) in [6.45, 7) is 0.727. The van der Waals surface area contributed by atoms with Gasteiger partial charge in [-0.2, -0.15) is 8.78 Å². The van der Waals surface area contributed by atoms with Gasteiger partial charge in [0.1, 0.15) is 24.0 Å². The first-order valence-electron chi connectivity index (χ1n) is 13.5. The number of hydrogen-bond acceptors (Lipinski definition) is 7. The molecule has 42 heavy (non-hydrogen) atoms. The summed E-state index contributed by atoms with van der Waals surface area (Å²) in [5, 5.41) is 20.9. The number of carbonyl (C=O) groups excluding carboxylic acids is 1. The van der Waals surface area contributed by atoms with Crippen LogP contribution in [0.5, 0.6) is 5.75 Å². The topological polar surface area (TPSA) is 128 Å². The molecular formula is C29H27F2N6O5+. The lowest BCUT2D eigenvalue weighted by Gasteiger charge is -2.50. The van der Waals surface area contributed by atoms with Crippen molar-refractivity contribution >= 4 is 29.6 Å². The van der Waals surface area contributed by atoms with E-state index < -0.39 is 30.4 Å². The van der Waals surface area contributed by atoms with Gasteiger partial charge in [-0.05, 0) is 43.7 Å². The molecule has 2 N–H and O–H groups in total. The first-order valence-corrected chi connectivity index (χ1v) is 13.5. The number of ether oxygens (including phenoxy) is 1. The molecule has 1 spiro atoms. The van der Waals surface area contributed by atoms with E-state index in [0.29, 0.717) is 29.1 Å². The first kappa shape index (κ1) is 26.4. The van der Waals surface area contributed by atoms with Crippen molar-refractivity contribution in [1.82, 2.24) is 19.4 Å². The lowest BCUT2D eigenvalue weighted by Crippen LogP contribution is -2.75. The van der Waals surface area contributed by atoms with Crippen LogP contribution in [0.4, 0.5) is 25.0 Å². The first-order chi connectivity index (χ1) is 20.0. The second-order valence-electron chi connectivity index (χ2n) is 11.6. The fraction of sp³-hybridized carbons (Fsp3) is 0.345. The maximum Gasteiger partial charge on any atom is 0.407 e. The predicted molar refractivity (Wildman–Crippen MR) is 146 cm³/mol. The fourth-order valence-electron chi connectivity index (χ4n) is 6.45. The number of aromatic nitrogens is 2. The Morgan fingerprint density at radius 1 is 1.12 bits per heavy atom. The van der Waals surface area contributed by atoms with Crippen LogP contribution in [0.15, 0.2) is 53.8 Å². The number of quaternary nitrogens is 1. The summed E-state index contributed by atoms with van der Waals surface area (Å²) in [4.78, 5) is 41.6. The Hall–Kier alpha value is -4.49. The fourth-order valence-corrected chi connectivity index (χ4v) is 6.45. The van der Waals surface area contributed by atoms with Gasteiger partial charge in [-0.3, -0.25) is 14.7 Å². The number of likely N-dealkylation sites (tertiary alicyclic amines) is 1. The van der Waals surface area contributed by atoms with Crippen LogP contribution >= 0.6 is 0 Å². The number of benzene rings is 2. The smallest absolute Gasteiger partial charge is 0.407 e. The Morgan fingerprint density at radius 2 is 1.86 bits per heavy atom. The summed E-state index contributed by atoms with van der Waals surface area (Å²) in [5.41, 5.74) is 1.24. The molecule has 13 heteroatoms. The number of para-hydroxylation sites is 1. The summed E-state index contributed by atoms with van der Waals surface area (Å²) in [5.74, 6) is -0.541. The van der Waals surface area contributed by atoms with E-state index in [2.05, 4.69) is 9.97 Å². The number of halogens is 2. The maximum absolute atomic E-state index is 13.9. The molecule has 0 saturated carbocycles. The van der Waals surface area contributed by atoms with Gasteiger partial charge in [0, 0.05) is 31.0 Å². The van der Waals surface area contributed by atoms with Gasteiger partial charge < -0.3 is 19.8 Å². The number of carboxylic acid groups (broad SMARTS) is 1. The third kappa shape index (κ3) is 3.87. The molecule has 11 nitrogen and oxygen atoms in total. The molecule has 7 rings (SSSR count). The van der Waals surface area contributed by atoms with Crippen LogP contribution in [-0.4, -0.2) is 75.5 Å². The summed E-state index contributed by atoms with van der Waals surface area (Å²) in [7, 11) is 0. The number of alkyl halides is 2. The van der Waals surface area contributed by atoms with Crippen molar-refractivity contribution in [3.63, 3.8) is 0 Å². The highest BCUT2D eigenvalue weighted by Gasteiger charge is 2.68. The number of amides is 2. The molecule has 2 bridgehead atoms. The third-order valence-corrected chi connectivity index (χ3v) is 8.41. The van der Waals surface area contributed by atoms with Gasteiger partial charge >= 0.3 is 12.7 Å². The van der Waals surface area contributed by atoms with Gasteiger partial charge in [-0.1, -0.05) is 12.1 Å². The molecule has 3 aromatic rings. The molecule has 1 aromatic heterocycles. The number of anilines is 1. The lowest BCUT2D eigenvalue weighted by molar-refractivity contribution is -0.128. The van der Waals surface area contributed by atoms with Crippen molar-refractivity contribution in [3.8, 4) is 16.9 Å². The quantitative estimate of drug-likeness (QED) is 0.444. The van der Waals surface area contributed by atoms with Gasteiger partial charge in [0.05, 0.1) is 16.5 Å². The Bertz CT molecular complexity index is 1760. The highest BCUT2D eigenvalue weighted by Crippen LogP contribution is 2.57. The van der Waals surface area contributed by atoms with E-state index in [9.17, 15) is 28.6 Å². The lowest BCUT2D eigenvalue weighted by atomic mass is 9.95.